The highest BCUT2D eigenvalue weighted by Gasteiger charge is 2.34. The Bertz CT molecular complexity index is 665. The fourth-order valence-electron chi connectivity index (χ4n) is 2.82. The first-order valence-electron chi connectivity index (χ1n) is 7.36. The molecule has 1 aromatic rings. The van der Waals surface area contributed by atoms with E-state index >= 15 is 0 Å². The molecule has 1 saturated carbocycles. The third-order valence-electron chi connectivity index (χ3n) is 4.13. The van der Waals surface area contributed by atoms with Crippen LogP contribution >= 0.6 is 0 Å². The lowest BCUT2D eigenvalue weighted by molar-refractivity contribution is 0.0903. The van der Waals surface area contributed by atoms with Crippen molar-refractivity contribution in [3.05, 3.63) is 29.3 Å². The van der Waals surface area contributed by atoms with Crippen LogP contribution in [0.1, 0.15) is 41.6 Å². The number of rotatable bonds is 5. The van der Waals surface area contributed by atoms with Crippen LogP contribution in [0.2, 0.25) is 0 Å². The Morgan fingerprint density at radius 2 is 1.95 bits per heavy atom. The second-order valence-electron chi connectivity index (χ2n) is 6.05. The highest BCUT2D eigenvalue weighted by atomic mass is 32.2. The molecule has 7 heteroatoms. The van der Waals surface area contributed by atoms with Crippen molar-refractivity contribution < 1.29 is 13.2 Å². The standard InChI is InChI=1S/C15H23N3O3S/c1-11-5-6-12(9-13(11)18-22(2,20)21)14(19)17-15(10-16)7-3-4-8-15/h5-6,9,18H,3-4,7-8,10,16H2,1-2H3,(H,17,19). The third kappa shape index (κ3) is 3.98. The van der Waals surface area contributed by atoms with Gasteiger partial charge in [-0.15, -0.1) is 0 Å². The molecule has 0 aromatic heterocycles. The van der Waals surface area contributed by atoms with Gasteiger partial charge in [-0.2, -0.15) is 0 Å². The van der Waals surface area contributed by atoms with Crippen molar-refractivity contribution in [2.24, 2.45) is 5.73 Å². The van der Waals surface area contributed by atoms with E-state index in [0.29, 0.717) is 17.8 Å². The summed E-state index contributed by atoms with van der Waals surface area (Å²) in [7, 11) is -3.38. The van der Waals surface area contributed by atoms with Crippen LogP contribution < -0.4 is 15.8 Å². The van der Waals surface area contributed by atoms with Crippen molar-refractivity contribution >= 4 is 21.6 Å². The lowest BCUT2D eigenvalue weighted by Gasteiger charge is -2.28. The Balaban J connectivity index is 2.21. The average Bonchev–Trinajstić information content (AvgIpc) is 2.89. The number of benzene rings is 1. The Morgan fingerprint density at radius 1 is 1.32 bits per heavy atom. The summed E-state index contributed by atoms with van der Waals surface area (Å²) < 4.78 is 25.2. The maximum absolute atomic E-state index is 12.4. The Hall–Kier alpha value is -1.60. The van der Waals surface area contributed by atoms with E-state index in [4.69, 9.17) is 5.73 Å². The molecule has 122 valence electrons. The van der Waals surface area contributed by atoms with Crippen LogP contribution in [-0.2, 0) is 10.0 Å². The maximum Gasteiger partial charge on any atom is 0.251 e. The summed E-state index contributed by atoms with van der Waals surface area (Å²) in [6.07, 6.45) is 4.98. The van der Waals surface area contributed by atoms with E-state index in [1.54, 1.807) is 25.1 Å². The van der Waals surface area contributed by atoms with Gasteiger partial charge in [-0.05, 0) is 37.5 Å². The number of nitrogens with two attached hydrogens (primary N) is 1. The predicted octanol–water partition coefficient (Wildman–Crippen LogP) is 1.37. The van der Waals surface area contributed by atoms with Gasteiger partial charge in [-0.1, -0.05) is 18.9 Å². The number of nitrogens with one attached hydrogen (secondary N) is 2. The van der Waals surface area contributed by atoms with Gasteiger partial charge in [0.2, 0.25) is 10.0 Å². The summed E-state index contributed by atoms with van der Waals surface area (Å²) in [4.78, 5) is 12.4. The summed E-state index contributed by atoms with van der Waals surface area (Å²) in [5.74, 6) is -0.219. The molecule has 0 spiro atoms. The van der Waals surface area contributed by atoms with Crippen molar-refractivity contribution in [3.63, 3.8) is 0 Å². The molecule has 1 aliphatic rings. The van der Waals surface area contributed by atoms with Gasteiger partial charge in [0.1, 0.15) is 0 Å². The maximum atomic E-state index is 12.4. The molecule has 0 bridgehead atoms. The second kappa shape index (κ2) is 6.26. The first kappa shape index (κ1) is 16.8. The van der Waals surface area contributed by atoms with Gasteiger partial charge in [0.25, 0.3) is 5.91 Å². The SMILES string of the molecule is Cc1ccc(C(=O)NC2(CN)CCCC2)cc1NS(C)(=O)=O. The predicted molar refractivity (Wildman–Crippen MR) is 87.4 cm³/mol. The zero-order chi connectivity index (χ0) is 16.4. The first-order chi connectivity index (χ1) is 10.2. The summed E-state index contributed by atoms with van der Waals surface area (Å²) in [6.45, 7) is 2.20. The van der Waals surface area contributed by atoms with Gasteiger partial charge < -0.3 is 11.1 Å². The smallest absolute Gasteiger partial charge is 0.251 e. The highest BCUT2D eigenvalue weighted by molar-refractivity contribution is 7.92. The summed E-state index contributed by atoms with van der Waals surface area (Å²) in [6, 6.07) is 4.98. The molecule has 1 fully saturated rings. The van der Waals surface area contributed by atoms with Crippen molar-refractivity contribution in [1.29, 1.82) is 0 Å². The van der Waals surface area contributed by atoms with Crippen molar-refractivity contribution in [3.8, 4) is 0 Å². The normalized spacial score (nSPS) is 17.2. The number of aryl methyl sites for hydroxylation is 1. The molecule has 6 nitrogen and oxygen atoms in total. The molecule has 0 saturated heterocycles. The molecule has 2 rings (SSSR count). The van der Waals surface area contributed by atoms with E-state index in [-0.39, 0.29) is 11.4 Å². The highest BCUT2D eigenvalue weighted by Crippen LogP contribution is 2.29. The third-order valence-corrected chi connectivity index (χ3v) is 4.72. The fraction of sp³-hybridized carbons (Fsp3) is 0.533. The molecule has 1 aliphatic carbocycles. The number of hydrogen-bond donors (Lipinski definition) is 3. The van der Waals surface area contributed by atoms with Crippen LogP contribution in [0.25, 0.3) is 0 Å². The van der Waals surface area contributed by atoms with Crippen LogP contribution in [0.4, 0.5) is 5.69 Å². The van der Waals surface area contributed by atoms with Gasteiger partial charge in [-0.25, -0.2) is 8.42 Å². The fourth-order valence-corrected chi connectivity index (χ4v) is 3.44. The van der Waals surface area contributed by atoms with Crippen LogP contribution in [0.3, 0.4) is 0 Å². The molecule has 1 amide bonds. The number of carbonyl (C=O) groups excluding carboxylic acids is 1. The number of anilines is 1. The zero-order valence-corrected chi connectivity index (χ0v) is 13.8. The number of hydrogen-bond acceptors (Lipinski definition) is 4. The minimum absolute atomic E-state index is 0.219. The van der Waals surface area contributed by atoms with Gasteiger partial charge in [-0.3, -0.25) is 9.52 Å². The Kier molecular flexibility index (Phi) is 4.77. The Labute approximate surface area is 131 Å². The van der Waals surface area contributed by atoms with Crippen LogP contribution in [0.5, 0.6) is 0 Å². The van der Waals surface area contributed by atoms with E-state index in [9.17, 15) is 13.2 Å². The van der Waals surface area contributed by atoms with E-state index in [0.717, 1.165) is 37.5 Å². The zero-order valence-electron chi connectivity index (χ0n) is 13.0. The summed E-state index contributed by atoms with van der Waals surface area (Å²) >= 11 is 0. The molecule has 0 unspecified atom stereocenters. The van der Waals surface area contributed by atoms with Crippen molar-refractivity contribution in [1.82, 2.24) is 5.32 Å². The van der Waals surface area contributed by atoms with Gasteiger partial charge in [0.05, 0.1) is 17.5 Å². The van der Waals surface area contributed by atoms with Crippen LogP contribution in [-0.4, -0.2) is 32.7 Å². The van der Waals surface area contributed by atoms with E-state index < -0.39 is 10.0 Å². The van der Waals surface area contributed by atoms with Crippen molar-refractivity contribution in [2.45, 2.75) is 38.1 Å². The van der Waals surface area contributed by atoms with Crippen LogP contribution in [0, 0.1) is 6.92 Å². The molecule has 4 N–H and O–H groups in total. The lowest BCUT2D eigenvalue weighted by Crippen LogP contribution is -2.51. The molecule has 0 aliphatic heterocycles. The first-order valence-corrected chi connectivity index (χ1v) is 9.25. The minimum Gasteiger partial charge on any atom is -0.345 e. The van der Waals surface area contributed by atoms with Gasteiger partial charge in [0, 0.05) is 12.1 Å². The lowest BCUT2D eigenvalue weighted by atomic mass is 9.97. The van der Waals surface area contributed by atoms with E-state index in [1.807, 2.05) is 0 Å². The second-order valence-corrected chi connectivity index (χ2v) is 7.80. The largest absolute Gasteiger partial charge is 0.345 e. The minimum atomic E-state index is -3.38. The number of carbonyl (C=O) groups is 1. The molecular formula is C15H23N3O3S. The number of amides is 1. The molecule has 0 heterocycles. The summed E-state index contributed by atoms with van der Waals surface area (Å²) in [5, 5.41) is 3.03. The monoisotopic (exact) mass is 325 g/mol. The van der Waals surface area contributed by atoms with E-state index in [2.05, 4.69) is 10.0 Å². The van der Waals surface area contributed by atoms with Crippen LogP contribution in [0.15, 0.2) is 18.2 Å². The summed E-state index contributed by atoms with van der Waals surface area (Å²) in [5.41, 5.74) is 7.11. The topological polar surface area (TPSA) is 101 Å². The van der Waals surface area contributed by atoms with E-state index in [1.165, 1.54) is 0 Å². The molecule has 0 atom stereocenters. The van der Waals surface area contributed by atoms with Crippen molar-refractivity contribution in [2.75, 3.05) is 17.5 Å². The quantitative estimate of drug-likeness (QED) is 0.761. The average molecular weight is 325 g/mol. The van der Waals surface area contributed by atoms with Gasteiger partial charge >= 0.3 is 0 Å². The number of sulfonamides is 1. The van der Waals surface area contributed by atoms with Gasteiger partial charge in [0.15, 0.2) is 0 Å². The molecule has 0 radical (unpaired) electrons. The molecular weight excluding hydrogens is 302 g/mol. The molecule has 1 aromatic carbocycles. The molecule has 22 heavy (non-hydrogen) atoms. The Morgan fingerprint density at radius 3 is 2.50 bits per heavy atom.